The van der Waals surface area contributed by atoms with Gasteiger partial charge in [0.25, 0.3) is 5.91 Å². The van der Waals surface area contributed by atoms with Crippen molar-refractivity contribution in [3.05, 3.63) is 53.6 Å². The average molecular weight is 384 g/mol. The number of rotatable bonds is 6. The maximum absolute atomic E-state index is 12.5. The summed E-state index contributed by atoms with van der Waals surface area (Å²) in [5, 5.41) is 2.50. The Kier molecular flexibility index (Phi) is 5.94. The molecular formula is C17H18F2N2O4S. The highest BCUT2D eigenvalue weighted by Gasteiger charge is 2.21. The molecule has 1 amide bonds. The SMILES string of the molecule is Cc1ccc(NC(=O)c2ccccc2OC(F)F)cc1S(=O)(=O)N(C)C. The number of carbonyl (C=O) groups is 1. The minimum atomic E-state index is -3.70. The summed E-state index contributed by atoms with van der Waals surface area (Å²) in [7, 11) is -0.895. The van der Waals surface area contributed by atoms with E-state index in [1.54, 1.807) is 13.0 Å². The van der Waals surface area contributed by atoms with Gasteiger partial charge in [-0.2, -0.15) is 8.78 Å². The van der Waals surface area contributed by atoms with E-state index >= 15 is 0 Å². The number of anilines is 1. The molecule has 140 valence electrons. The van der Waals surface area contributed by atoms with Crippen LogP contribution in [-0.2, 0) is 10.0 Å². The van der Waals surface area contributed by atoms with Gasteiger partial charge in [0.05, 0.1) is 10.5 Å². The fraction of sp³-hybridized carbons (Fsp3) is 0.235. The molecule has 0 spiro atoms. The molecule has 2 aromatic carbocycles. The molecule has 26 heavy (non-hydrogen) atoms. The molecule has 0 aliphatic rings. The largest absolute Gasteiger partial charge is 0.434 e. The van der Waals surface area contributed by atoms with Gasteiger partial charge >= 0.3 is 6.61 Å². The molecule has 0 heterocycles. The zero-order chi connectivity index (χ0) is 19.5. The number of carbonyl (C=O) groups excluding carboxylic acids is 1. The number of benzene rings is 2. The molecule has 0 radical (unpaired) electrons. The van der Waals surface area contributed by atoms with E-state index in [9.17, 15) is 22.0 Å². The van der Waals surface area contributed by atoms with Crippen molar-refractivity contribution in [3.8, 4) is 5.75 Å². The molecule has 1 N–H and O–H groups in total. The van der Waals surface area contributed by atoms with Crippen LogP contribution in [0, 0.1) is 6.92 Å². The molecule has 6 nitrogen and oxygen atoms in total. The second kappa shape index (κ2) is 7.79. The topological polar surface area (TPSA) is 75.7 Å². The summed E-state index contributed by atoms with van der Waals surface area (Å²) in [5.41, 5.74) is 0.636. The third-order valence-corrected chi connectivity index (χ3v) is 5.51. The van der Waals surface area contributed by atoms with Gasteiger partial charge in [0.1, 0.15) is 5.75 Å². The normalized spacial score (nSPS) is 11.7. The Morgan fingerprint density at radius 2 is 1.81 bits per heavy atom. The number of hydrogen-bond acceptors (Lipinski definition) is 4. The van der Waals surface area contributed by atoms with Crippen molar-refractivity contribution >= 4 is 21.6 Å². The Morgan fingerprint density at radius 1 is 1.15 bits per heavy atom. The number of amides is 1. The van der Waals surface area contributed by atoms with Crippen molar-refractivity contribution in [2.45, 2.75) is 18.4 Å². The maximum Gasteiger partial charge on any atom is 0.387 e. The van der Waals surface area contributed by atoms with Crippen molar-refractivity contribution in [2.75, 3.05) is 19.4 Å². The van der Waals surface area contributed by atoms with Crippen LogP contribution >= 0.6 is 0 Å². The number of aryl methyl sites for hydroxylation is 1. The van der Waals surface area contributed by atoms with Crippen LogP contribution in [-0.4, -0.2) is 39.3 Å². The lowest BCUT2D eigenvalue weighted by Gasteiger charge is -2.15. The Balaban J connectivity index is 2.34. The number of halogens is 2. The standard InChI is InChI=1S/C17H18F2N2O4S/c1-11-8-9-12(10-15(11)26(23,24)21(2)3)20-16(22)13-6-4-5-7-14(13)25-17(18)19/h4-10,17H,1-3H3,(H,20,22). The number of nitrogens with zero attached hydrogens (tertiary/aromatic N) is 1. The van der Waals surface area contributed by atoms with Crippen LogP contribution in [0.3, 0.4) is 0 Å². The molecule has 9 heteroatoms. The minimum absolute atomic E-state index is 0.0393. The van der Waals surface area contributed by atoms with Crippen LogP contribution in [0.1, 0.15) is 15.9 Å². The number of ether oxygens (including phenoxy) is 1. The lowest BCUT2D eigenvalue weighted by atomic mass is 10.1. The molecular weight excluding hydrogens is 366 g/mol. The van der Waals surface area contributed by atoms with Crippen LogP contribution in [0.5, 0.6) is 5.75 Å². The van der Waals surface area contributed by atoms with Crippen LogP contribution < -0.4 is 10.1 Å². The lowest BCUT2D eigenvalue weighted by Crippen LogP contribution is -2.23. The predicted octanol–water partition coefficient (Wildman–Crippen LogP) is 3.10. The summed E-state index contributed by atoms with van der Waals surface area (Å²) < 4.78 is 55.0. The van der Waals surface area contributed by atoms with Gasteiger partial charge < -0.3 is 10.1 Å². The number of alkyl halides is 2. The van der Waals surface area contributed by atoms with Gasteiger partial charge in [-0.25, -0.2) is 12.7 Å². The van der Waals surface area contributed by atoms with E-state index in [4.69, 9.17) is 0 Å². The first-order valence-corrected chi connectivity index (χ1v) is 8.95. The van der Waals surface area contributed by atoms with Crippen molar-refractivity contribution in [3.63, 3.8) is 0 Å². The highest BCUT2D eigenvalue weighted by molar-refractivity contribution is 7.89. The molecule has 0 fully saturated rings. The molecule has 0 aliphatic carbocycles. The van der Waals surface area contributed by atoms with Gasteiger partial charge in [0.2, 0.25) is 10.0 Å². The van der Waals surface area contributed by atoms with E-state index in [1.165, 1.54) is 50.5 Å². The van der Waals surface area contributed by atoms with Crippen LogP contribution in [0.25, 0.3) is 0 Å². The Hall–Kier alpha value is -2.52. The zero-order valence-corrected chi connectivity index (χ0v) is 15.2. The fourth-order valence-corrected chi connectivity index (χ4v) is 3.35. The number of para-hydroxylation sites is 1. The summed E-state index contributed by atoms with van der Waals surface area (Å²) >= 11 is 0. The molecule has 0 atom stereocenters. The van der Waals surface area contributed by atoms with Crippen LogP contribution in [0.15, 0.2) is 47.4 Å². The minimum Gasteiger partial charge on any atom is -0.434 e. The van der Waals surface area contributed by atoms with Crippen molar-refractivity contribution in [1.29, 1.82) is 0 Å². The number of nitrogens with one attached hydrogen (secondary N) is 1. The molecule has 0 aromatic heterocycles. The van der Waals surface area contributed by atoms with E-state index in [0.717, 1.165) is 4.31 Å². The van der Waals surface area contributed by atoms with E-state index in [0.29, 0.717) is 5.56 Å². The van der Waals surface area contributed by atoms with Gasteiger partial charge in [0, 0.05) is 19.8 Å². The third-order valence-electron chi connectivity index (χ3n) is 3.55. The van der Waals surface area contributed by atoms with Gasteiger partial charge in [-0.1, -0.05) is 18.2 Å². The second-order valence-corrected chi connectivity index (χ2v) is 7.72. The highest BCUT2D eigenvalue weighted by Crippen LogP contribution is 2.25. The molecule has 0 aliphatic heterocycles. The molecule has 0 saturated heterocycles. The molecule has 0 bridgehead atoms. The monoisotopic (exact) mass is 384 g/mol. The van der Waals surface area contributed by atoms with E-state index in [1.807, 2.05) is 0 Å². The first-order chi connectivity index (χ1) is 12.1. The second-order valence-electron chi connectivity index (χ2n) is 5.60. The van der Waals surface area contributed by atoms with Crippen LogP contribution in [0.4, 0.5) is 14.5 Å². The highest BCUT2D eigenvalue weighted by atomic mass is 32.2. The quantitative estimate of drug-likeness (QED) is 0.830. The molecule has 0 saturated carbocycles. The van der Waals surface area contributed by atoms with E-state index in [2.05, 4.69) is 10.1 Å². The average Bonchev–Trinajstić information content (AvgIpc) is 2.56. The predicted molar refractivity (Wildman–Crippen MR) is 93.1 cm³/mol. The zero-order valence-electron chi connectivity index (χ0n) is 14.4. The number of hydrogen-bond donors (Lipinski definition) is 1. The van der Waals surface area contributed by atoms with Crippen molar-refractivity contribution in [2.24, 2.45) is 0 Å². The summed E-state index contributed by atoms with van der Waals surface area (Å²) in [6.07, 6.45) is 0. The lowest BCUT2D eigenvalue weighted by molar-refractivity contribution is -0.0501. The molecule has 2 aromatic rings. The Morgan fingerprint density at radius 3 is 2.42 bits per heavy atom. The van der Waals surface area contributed by atoms with Crippen LogP contribution in [0.2, 0.25) is 0 Å². The van der Waals surface area contributed by atoms with Gasteiger partial charge in [-0.15, -0.1) is 0 Å². The summed E-state index contributed by atoms with van der Waals surface area (Å²) in [5.74, 6) is -0.966. The summed E-state index contributed by atoms with van der Waals surface area (Å²) in [4.78, 5) is 12.4. The first kappa shape index (κ1) is 19.8. The fourth-order valence-electron chi connectivity index (χ4n) is 2.20. The maximum atomic E-state index is 12.5. The van der Waals surface area contributed by atoms with Crippen molar-refractivity contribution in [1.82, 2.24) is 4.31 Å². The third kappa shape index (κ3) is 4.36. The first-order valence-electron chi connectivity index (χ1n) is 7.51. The Labute approximate surface area is 150 Å². The Bertz CT molecular complexity index is 915. The smallest absolute Gasteiger partial charge is 0.387 e. The molecule has 0 unspecified atom stereocenters. The van der Waals surface area contributed by atoms with E-state index in [-0.39, 0.29) is 21.9 Å². The summed E-state index contributed by atoms with van der Waals surface area (Å²) in [6.45, 7) is -1.44. The van der Waals surface area contributed by atoms with E-state index < -0.39 is 22.5 Å². The van der Waals surface area contributed by atoms with Crippen molar-refractivity contribution < 1.29 is 26.7 Å². The number of sulfonamides is 1. The molecule has 2 rings (SSSR count). The van der Waals surface area contributed by atoms with Gasteiger partial charge in [0.15, 0.2) is 0 Å². The van der Waals surface area contributed by atoms with Gasteiger partial charge in [-0.05, 0) is 36.8 Å². The summed E-state index contributed by atoms with van der Waals surface area (Å²) in [6, 6.07) is 9.94. The van der Waals surface area contributed by atoms with Gasteiger partial charge in [-0.3, -0.25) is 4.79 Å².